The van der Waals surface area contributed by atoms with Crippen molar-refractivity contribution in [3.05, 3.63) is 24.3 Å². The maximum atomic E-state index is 12.4. The molecule has 1 fully saturated rings. The molecule has 1 aromatic rings. The fraction of sp³-hybridized carbons (Fsp3) is 0.500. The number of hydrogen-bond acceptors (Lipinski definition) is 5. The van der Waals surface area contributed by atoms with Crippen LogP contribution in [0.4, 0.5) is 13.2 Å². The van der Waals surface area contributed by atoms with Crippen molar-refractivity contribution in [2.24, 2.45) is 0 Å². The molecule has 0 aromatic heterocycles. The second kappa shape index (κ2) is 6.41. The molecular formula is C12H14F3NO5S. The lowest BCUT2D eigenvalue weighted by Gasteiger charge is -2.33. The fourth-order valence-corrected chi connectivity index (χ4v) is 3.63. The number of ether oxygens (including phenoxy) is 2. The first-order valence-corrected chi connectivity index (χ1v) is 7.74. The lowest BCUT2D eigenvalue weighted by atomic mass is 10.3. The molecule has 0 radical (unpaired) electrons. The van der Waals surface area contributed by atoms with Crippen LogP contribution in [0.5, 0.6) is 5.75 Å². The number of hydrogen-bond donors (Lipinski definition) is 1. The Morgan fingerprint density at radius 2 is 1.95 bits per heavy atom. The van der Waals surface area contributed by atoms with Gasteiger partial charge in [-0.3, -0.25) is 0 Å². The highest BCUT2D eigenvalue weighted by Crippen LogP contribution is 2.26. The van der Waals surface area contributed by atoms with E-state index in [2.05, 4.69) is 4.74 Å². The van der Waals surface area contributed by atoms with Crippen molar-refractivity contribution in [3.8, 4) is 5.75 Å². The van der Waals surface area contributed by atoms with E-state index in [1.54, 1.807) is 0 Å². The molecule has 22 heavy (non-hydrogen) atoms. The van der Waals surface area contributed by atoms with Crippen LogP contribution < -0.4 is 4.74 Å². The van der Waals surface area contributed by atoms with E-state index in [0.29, 0.717) is 0 Å². The van der Waals surface area contributed by atoms with Gasteiger partial charge < -0.3 is 14.6 Å². The van der Waals surface area contributed by atoms with E-state index in [-0.39, 0.29) is 24.7 Å². The molecule has 10 heteroatoms. The third-order valence-corrected chi connectivity index (χ3v) is 5.01. The zero-order valence-electron chi connectivity index (χ0n) is 11.3. The average Bonchev–Trinajstić information content (AvgIpc) is 2.46. The Labute approximate surface area is 125 Å². The third kappa shape index (κ3) is 3.88. The Hall–Kier alpha value is -1.36. The number of benzene rings is 1. The normalized spacial score (nSPS) is 20.8. The van der Waals surface area contributed by atoms with Gasteiger partial charge in [0.25, 0.3) is 0 Å². The summed E-state index contributed by atoms with van der Waals surface area (Å²) in [5.74, 6) is -0.507. The van der Waals surface area contributed by atoms with Gasteiger partial charge in [-0.25, -0.2) is 8.42 Å². The lowest BCUT2D eigenvalue weighted by Crippen LogP contribution is -2.50. The Bertz CT molecular complexity index is 602. The van der Waals surface area contributed by atoms with Crippen LogP contribution >= 0.6 is 0 Å². The number of morpholine rings is 1. The molecule has 1 aliphatic rings. The number of aliphatic hydroxyl groups excluding tert-OH is 1. The minimum Gasteiger partial charge on any atom is -0.406 e. The molecule has 1 heterocycles. The van der Waals surface area contributed by atoms with Gasteiger partial charge in [-0.1, -0.05) is 0 Å². The van der Waals surface area contributed by atoms with Gasteiger partial charge in [-0.2, -0.15) is 4.31 Å². The van der Waals surface area contributed by atoms with Gasteiger partial charge >= 0.3 is 6.36 Å². The molecule has 124 valence electrons. The average molecular weight is 341 g/mol. The highest BCUT2D eigenvalue weighted by Gasteiger charge is 2.34. The molecule has 1 atom stereocenters. The number of rotatable bonds is 4. The highest BCUT2D eigenvalue weighted by molar-refractivity contribution is 7.89. The van der Waals surface area contributed by atoms with E-state index in [1.807, 2.05) is 0 Å². The largest absolute Gasteiger partial charge is 0.573 e. The molecule has 6 nitrogen and oxygen atoms in total. The highest BCUT2D eigenvalue weighted by atomic mass is 32.2. The van der Waals surface area contributed by atoms with E-state index in [9.17, 15) is 26.7 Å². The second-order valence-corrected chi connectivity index (χ2v) is 6.44. The molecule has 1 aliphatic heterocycles. The number of halogens is 3. The Balaban J connectivity index is 2.22. The standard InChI is InChI=1S/C12H14F3NO5S/c13-12(14,15)21-10-1-3-11(4-2-10)22(18,19)16-5-6-20-8-9(16)7-17/h1-4,9,17H,5-8H2/t9-/m1/s1. The monoisotopic (exact) mass is 341 g/mol. The first-order valence-electron chi connectivity index (χ1n) is 6.30. The Morgan fingerprint density at radius 1 is 1.32 bits per heavy atom. The zero-order valence-corrected chi connectivity index (χ0v) is 12.1. The minimum absolute atomic E-state index is 0.0605. The first-order chi connectivity index (χ1) is 10.2. The van der Waals surface area contributed by atoms with Gasteiger partial charge in [0, 0.05) is 6.54 Å². The summed E-state index contributed by atoms with van der Waals surface area (Å²) in [5.41, 5.74) is 0. The van der Waals surface area contributed by atoms with E-state index >= 15 is 0 Å². The van der Waals surface area contributed by atoms with Crippen LogP contribution in [0.3, 0.4) is 0 Å². The topological polar surface area (TPSA) is 76.1 Å². The Morgan fingerprint density at radius 3 is 2.50 bits per heavy atom. The van der Waals surface area contributed by atoms with Gasteiger partial charge in [0.05, 0.1) is 30.8 Å². The van der Waals surface area contributed by atoms with Crippen molar-refractivity contribution in [2.75, 3.05) is 26.4 Å². The lowest BCUT2D eigenvalue weighted by molar-refractivity contribution is -0.274. The SMILES string of the molecule is O=S(=O)(c1ccc(OC(F)(F)F)cc1)N1CCOC[C@H]1CO. The van der Waals surface area contributed by atoms with Crippen molar-refractivity contribution in [2.45, 2.75) is 17.3 Å². The molecule has 2 rings (SSSR count). The molecule has 1 aromatic carbocycles. The summed E-state index contributed by atoms with van der Waals surface area (Å²) in [6.45, 7) is -0.0984. The number of nitrogens with zero attached hydrogens (tertiary/aromatic N) is 1. The van der Waals surface area contributed by atoms with Crippen LogP contribution in [-0.2, 0) is 14.8 Å². The second-order valence-electron chi connectivity index (χ2n) is 4.55. The van der Waals surface area contributed by atoms with Crippen molar-refractivity contribution in [1.29, 1.82) is 0 Å². The van der Waals surface area contributed by atoms with E-state index in [0.717, 1.165) is 28.6 Å². The molecule has 1 saturated heterocycles. The van der Waals surface area contributed by atoms with Gasteiger partial charge in [0.15, 0.2) is 0 Å². The van der Waals surface area contributed by atoms with Gasteiger partial charge in [0.2, 0.25) is 10.0 Å². The molecular weight excluding hydrogens is 327 g/mol. The van der Waals surface area contributed by atoms with E-state index in [1.165, 1.54) is 0 Å². The number of sulfonamides is 1. The summed E-state index contributed by atoms with van der Waals surface area (Å²) < 4.78 is 71.0. The number of alkyl halides is 3. The maximum absolute atomic E-state index is 12.4. The molecule has 0 unspecified atom stereocenters. The van der Waals surface area contributed by atoms with Crippen LogP contribution in [0.1, 0.15) is 0 Å². The maximum Gasteiger partial charge on any atom is 0.573 e. The van der Waals surface area contributed by atoms with Crippen molar-refractivity contribution in [3.63, 3.8) is 0 Å². The van der Waals surface area contributed by atoms with Crippen LogP contribution in [0.25, 0.3) is 0 Å². The van der Waals surface area contributed by atoms with Crippen LogP contribution in [0, 0.1) is 0 Å². The Kier molecular flexibility index (Phi) is 4.95. The smallest absolute Gasteiger partial charge is 0.406 e. The third-order valence-electron chi connectivity index (χ3n) is 3.05. The van der Waals surface area contributed by atoms with Crippen LogP contribution in [0.2, 0.25) is 0 Å². The molecule has 1 N–H and O–H groups in total. The minimum atomic E-state index is -4.84. The van der Waals surface area contributed by atoms with Crippen molar-refractivity contribution >= 4 is 10.0 Å². The van der Waals surface area contributed by atoms with Crippen LogP contribution in [-0.4, -0.2) is 56.6 Å². The summed E-state index contributed by atoms with van der Waals surface area (Å²) >= 11 is 0. The first kappa shape index (κ1) is 17.0. The predicted octanol–water partition coefficient (Wildman–Crippen LogP) is 0.967. The molecule has 0 aliphatic carbocycles. The zero-order chi connectivity index (χ0) is 16.4. The summed E-state index contributed by atoms with van der Waals surface area (Å²) in [6, 6.07) is 3.19. The summed E-state index contributed by atoms with van der Waals surface area (Å²) in [7, 11) is -3.93. The molecule has 0 bridgehead atoms. The van der Waals surface area contributed by atoms with Gasteiger partial charge in [0.1, 0.15) is 5.75 Å². The molecule has 0 amide bonds. The van der Waals surface area contributed by atoms with Crippen LogP contribution in [0.15, 0.2) is 29.2 Å². The van der Waals surface area contributed by atoms with Crippen molar-refractivity contribution < 1.29 is 36.2 Å². The van der Waals surface area contributed by atoms with Crippen molar-refractivity contribution in [1.82, 2.24) is 4.31 Å². The van der Waals surface area contributed by atoms with E-state index < -0.39 is 34.8 Å². The fourth-order valence-electron chi connectivity index (χ4n) is 2.05. The predicted molar refractivity (Wildman–Crippen MR) is 68.7 cm³/mol. The summed E-state index contributed by atoms with van der Waals surface area (Å²) in [6.07, 6.45) is -4.84. The quantitative estimate of drug-likeness (QED) is 0.883. The molecule has 0 saturated carbocycles. The van der Waals surface area contributed by atoms with Gasteiger partial charge in [-0.15, -0.1) is 13.2 Å². The summed E-state index contributed by atoms with van der Waals surface area (Å²) in [5, 5.41) is 9.21. The van der Waals surface area contributed by atoms with Gasteiger partial charge in [-0.05, 0) is 24.3 Å². The van der Waals surface area contributed by atoms with E-state index in [4.69, 9.17) is 4.74 Å². The molecule has 0 spiro atoms. The summed E-state index contributed by atoms with van der Waals surface area (Å²) in [4.78, 5) is -0.178. The number of aliphatic hydroxyl groups is 1.